The number of rotatable bonds is 10. The van der Waals surface area contributed by atoms with E-state index in [9.17, 15) is 9.59 Å². The highest BCUT2D eigenvalue weighted by Gasteiger charge is 2.30. The summed E-state index contributed by atoms with van der Waals surface area (Å²) in [6.07, 6.45) is 1.29. The number of benzene rings is 3. The van der Waals surface area contributed by atoms with Gasteiger partial charge in [-0.05, 0) is 47.4 Å². The smallest absolute Gasteiger partial charge is 0.243 e. The van der Waals surface area contributed by atoms with E-state index in [1.807, 2.05) is 61.5 Å². The molecule has 4 nitrogen and oxygen atoms in total. The molecule has 0 spiro atoms. The standard InChI is InChI=1S/C27H27BrCl2N2O2/c1-2-14-31-27(34)25(15-19-6-4-3-5-7-19)32(18-20-8-11-22(28)12-9-20)26(33)16-21-10-13-23(29)17-24(21)30/h3-13,17,25H,2,14-16,18H2,1H3,(H,31,34)/t25-/m0/s1. The van der Waals surface area contributed by atoms with Crippen LogP contribution in [0.3, 0.4) is 0 Å². The van der Waals surface area contributed by atoms with E-state index in [0.717, 1.165) is 22.0 Å². The molecular weight excluding hydrogens is 535 g/mol. The summed E-state index contributed by atoms with van der Waals surface area (Å²) in [5.74, 6) is -0.349. The van der Waals surface area contributed by atoms with E-state index in [2.05, 4.69) is 21.2 Å². The van der Waals surface area contributed by atoms with Crippen LogP contribution in [-0.4, -0.2) is 29.3 Å². The van der Waals surface area contributed by atoms with Crippen LogP contribution in [0.2, 0.25) is 10.0 Å². The maximum absolute atomic E-state index is 13.7. The Hall–Kier alpha value is -2.34. The molecular formula is C27H27BrCl2N2O2. The SMILES string of the molecule is CCCNC(=O)[C@H](Cc1ccccc1)N(Cc1ccc(Br)cc1)C(=O)Cc1ccc(Cl)cc1Cl. The van der Waals surface area contributed by atoms with Gasteiger partial charge in [-0.3, -0.25) is 9.59 Å². The molecule has 1 N–H and O–H groups in total. The van der Waals surface area contributed by atoms with Crippen molar-refractivity contribution in [1.29, 1.82) is 0 Å². The molecule has 3 rings (SSSR count). The van der Waals surface area contributed by atoms with E-state index in [1.54, 1.807) is 23.1 Å². The van der Waals surface area contributed by atoms with E-state index < -0.39 is 6.04 Å². The quantitative estimate of drug-likeness (QED) is 0.308. The van der Waals surface area contributed by atoms with Crippen molar-refractivity contribution >= 4 is 50.9 Å². The van der Waals surface area contributed by atoms with Crippen LogP contribution in [0.4, 0.5) is 0 Å². The molecule has 1 atom stereocenters. The Morgan fingerprint density at radius 2 is 1.68 bits per heavy atom. The summed E-state index contributed by atoms with van der Waals surface area (Å²) in [4.78, 5) is 28.6. The number of nitrogens with zero attached hydrogens (tertiary/aromatic N) is 1. The first-order valence-corrected chi connectivity index (χ1v) is 12.7. The zero-order valence-corrected chi connectivity index (χ0v) is 22.0. The van der Waals surface area contributed by atoms with Gasteiger partial charge < -0.3 is 10.2 Å². The van der Waals surface area contributed by atoms with Crippen molar-refractivity contribution in [1.82, 2.24) is 10.2 Å². The molecule has 7 heteroatoms. The van der Waals surface area contributed by atoms with Crippen LogP contribution < -0.4 is 5.32 Å². The Morgan fingerprint density at radius 3 is 2.32 bits per heavy atom. The second-order valence-electron chi connectivity index (χ2n) is 8.06. The van der Waals surface area contributed by atoms with Crippen molar-refractivity contribution in [2.24, 2.45) is 0 Å². The molecule has 0 unspecified atom stereocenters. The summed E-state index contributed by atoms with van der Waals surface area (Å²) in [7, 11) is 0. The van der Waals surface area contributed by atoms with Crippen molar-refractivity contribution in [2.75, 3.05) is 6.54 Å². The van der Waals surface area contributed by atoms with E-state index in [0.29, 0.717) is 35.1 Å². The highest BCUT2D eigenvalue weighted by Crippen LogP contribution is 2.24. The minimum Gasteiger partial charge on any atom is -0.354 e. The lowest BCUT2D eigenvalue weighted by Gasteiger charge is -2.32. The number of hydrogen-bond acceptors (Lipinski definition) is 2. The second-order valence-corrected chi connectivity index (χ2v) is 9.82. The van der Waals surface area contributed by atoms with Gasteiger partial charge in [0.2, 0.25) is 11.8 Å². The van der Waals surface area contributed by atoms with Crippen molar-refractivity contribution in [2.45, 2.75) is 38.8 Å². The monoisotopic (exact) mass is 560 g/mol. The van der Waals surface area contributed by atoms with Crippen molar-refractivity contribution in [3.05, 3.63) is 104 Å². The summed E-state index contributed by atoms with van der Waals surface area (Å²) < 4.78 is 0.948. The lowest BCUT2D eigenvalue weighted by Crippen LogP contribution is -2.51. The largest absolute Gasteiger partial charge is 0.354 e. The molecule has 0 bridgehead atoms. The van der Waals surface area contributed by atoms with E-state index in [4.69, 9.17) is 23.2 Å². The molecule has 0 aliphatic rings. The zero-order chi connectivity index (χ0) is 24.5. The van der Waals surface area contributed by atoms with E-state index >= 15 is 0 Å². The Balaban J connectivity index is 1.96. The fraction of sp³-hybridized carbons (Fsp3) is 0.259. The molecule has 0 aromatic heterocycles. The van der Waals surface area contributed by atoms with Gasteiger partial charge in [-0.1, -0.05) is 94.6 Å². The van der Waals surface area contributed by atoms with Gasteiger partial charge in [0, 0.05) is 34.0 Å². The summed E-state index contributed by atoms with van der Waals surface area (Å²) in [5, 5.41) is 3.92. The van der Waals surface area contributed by atoms with Crippen molar-refractivity contribution < 1.29 is 9.59 Å². The van der Waals surface area contributed by atoms with Gasteiger partial charge in [0.15, 0.2) is 0 Å². The van der Waals surface area contributed by atoms with Crippen LogP contribution in [0, 0.1) is 0 Å². The van der Waals surface area contributed by atoms with Gasteiger partial charge in [-0.15, -0.1) is 0 Å². The number of carbonyl (C=O) groups excluding carboxylic acids is 2. The summed E-state index contributed by atoms with van der Waals surface area (Å²) in [6.45, 7) is 2.85. The molecule has 0 saturated heterocycles. The first-order chi connectivity index (χ1) is 16.4. The van der Waals surface area contributed by atoms with Gasteiger partial charge in [0.05, 0.1) is 6.42 Å². The van der Waals surface area contributed by atoms with Crippen LogP contribution in [-0.2, 0) is 29.0 Å². The lowest BCUT2D eigenvalue weighted by molar-refractivity contribution is -0.140. The molecule has 0 heterocycles. The van der Waals surface area contributed by atoms with Crippen molar-refractivity contribution in [3.63, 3.8) is 0 Å². The second kappa shape index (κ2) is 12.9. The first-order valence-electron chi connectivity index (χ1n) is 11.2. The average molecular weight is 562 g/mol. The third-order valence-electron chi connectivity index (χ3n) is 5.44. The highest BCUT2D eigenvalue weighted by atomic mass is 79.9. The van der Waals surface area contributed by atoms with Crippen molar-refractivity contribution in [3.8, 4) is 0 Å². The normalized spacial score (nSPS) is 11.6. The van der Waals surface area contributed by atoms with Gasteiger partial charge >= 0.3 is 0 Å². The number of hydrogen-bond donors (Lipinski definition) is 1. The average Bonchev–Trinajstić information content (AvgIpc) is 2.83. The predicted octanol–water partition coefficient (Wildman–Crippen LogP) is 6.46. The Morgan fingerprint density at radius 1 is 0.971 bits per heavy atom. The Kier molecular flexibility index (Phi) is 10.00. The highest BCUT2D eigenvalue weighted by molar-refractivity contribution is 9.10. The molecule has 3 aromatic rings. The third kappa shape index (κ3) is 7.59. The van der Waals surface area contributed by atoms with Crippen LogP contribution in [0.15, 0.2) is 77.3 Å². The van der Waals surface area contributed by atoms with E-state index in [-0.39, 0.29) is 18.2 Å². The minimum atomic E-state index is -0.670. The molecule has 0 aliphatic heterocycles. The fourth-order valence-corrected chi connectivity index (χ4v) is 4.38. The maximum atomic E-state index is 13.7. The molecule has 0 radical (unpaired) electrons. The summed E-state index contributed by atoms with van der Waals surface area (Å²) in [6, 6.07) is 21.9. The molecule has 0 aliphatic carbocycles. The zero-order valence-electron chi connectivity index (χ0n) is 18.9. The molecule has 0 saturated carbocycles. The Labute approximate surface area is 219 Å². The molecule has 34 heavy (non-hydrogen) atoms. The van der Waals surface area contributed by atoms with E-state index in [1.165, 1.54) is 0 Å². The predicted molar refractivity (Wildman–Crippen MR) is 142 cm³/mol. The number of nitrogens with one attached hydrogen (secondary N) is 1. The molecule has 0 fully saturated rings. The first kappa shape index (κ1) is 26.3. The minimum absolute atomic E-state index is 0.0683. The number of halogens is 3. The fourth-order valence-electron chi connectivity index (χ4n) is 3.64. The maximum Gasteiger partial charge on any atom is 0.243 e. The summed E-state index contributed by atoms with van der Waals surface area (Å²) in [5.41, 5.74) is 2.58. The number of carbonyl (C=O) groups is 2. The molecule has 3 aromatic carbocycles. The van der Waals surface area contributed by atoms with Gasteiger partial charge in [0.25, 0.3) is 0 Å². The van der Waals surface area contributed by atoms with Gasteiger partial charge in [-0.2, -0.15) is 0 Å². The number of amides is 2. The lowest BCUT2D eigenvalue weighted by atomic mass is 10.0. The van der Waals surface area contributed by atoms with Gasteiger partial charge in [-0.25, -0.2) is 0 Å². The van der Waals surface area contributed by atoms with Crippen LogP contribution in [0.5, 0.6) is 0 Å². The van der Waals surface area contributed by atoms with Gasteiger partial charge in [0.1, 0.15) is 6.04 Å². The Bertz CT molecular complexity index is 1110. The summed E-state index contributed by atoms with van der Waals surface area (Å²) >= 11 is 15.8. The van der Waals surface area contributed by atoms with Crippen LogP contribution in [0.1, 0.15) is 30.0 Å². The topological polar surface area (TPSA) is 49.4 Å². The molecule has 2 amide bonds. The molecule has 178 valence electrons. The van der Waals surface area contributed by atoms with Crippen LogP contribution >= 0.6 is 39.1 Å². The third-order valence-corrected chi connectivity index (χ3v) is 6.56. The van der Waals surface area contributed by atoms with Crippen LogP contribution in [0.25, 0.3) is 0 Å².